The van der Waals surface area contributed by atoms with Crippen LogP contribution in [0.1, 0.15) is 47.5 Å². The molecule has 7 nitrogen and oxygen atoms in total. The highest BCUT2D eigenvalue weighted by Crippen LogP contribution is 2.12. The number of piperazine rings is 1. The number of carbonyl (C=O) groups is 3. The van der Waals surface area contributed by atoms with Crippen LogP contribution in [-0.2, 0) is 14.4 Å². The van der Waals surface area contributed by atoms with E-state index in [-0.39, 0.29) is 23.8 Å². The fourth-order valence-electron chi connectivity index (χ4n) is 2.59. The molecule has 1 aliphatic heterocycles. The van der Waals surface area contributed by atoms with E-state index in [1.54, 1.807) is 0 Å². The van der Waals surface area contributed by atoms with Gasteiger partial charge in [-0.25, -0.2) is 0 Å². The van der Waals surface area contributed by atoms with Crippen molar-refractivity contribution in [1.29, 1.82) is 0 Å². The summed E-state index contributed by atoms with van der Waals surface area (Å²) in [4.78, 5) is 39.7. The minimum Gasteiger partial charge on any atom is -0.356 e. The van der Waals surface area contributed by atoms with Gasteiger partial charge in [0.05, 0.1) is 6.54 Å². The molecule has 2 N–H and O–H groups in total. The van der Waals surface area contributed by atoms with Gasteiger partial charge < -0.3 is 15.5 Å². The van der Waals surface area contributed by atoms with Crippen LogP contribution >= 0.6 is 0 Å². The van der Waals surface area contributed by atoms with Crippen LogP contribution in [0.25, 0.3) is 0 Å². The van der Waals surface area contributed by atoms with Crippen LogP contribution < -0.4 is 10.6 Å². The van der Waals surface area contributed by atoms with E-state index in [0.717, 1.165) is 13.1 Å². The van der Waals surface area contributed by atoms with Gasteiger partial charge in [0.15, 0.2) is 0 Å². The van der Waals surface area contributed by atoms with E-state index in [2.05, 4.69) is 15.5 Å². The van der Waals surface area contributed by atoms with Gasteiger partial charge in [0.1, 0.15) is 0 Å². The number of rotatable bonds is 7. The molecule has 0 atom stereocenters. The van der Waals surface area contributed by atoms with E-state index in [1.807, 2.05) is 39.5 Å². The first kappa shape index (κ1) is 21.4. The summed E-state index contributed by atoms with van der Waals surface area (Å²) in [5.41, 5.74) is -0.401. The Hall–Kier alpha value is -1.63. The third-order valence-corrected chi connectivity index (χ3v) is 4.08. The van der Waals surface area contributed by atoms with Crippen LogP contribution in [0.4, 0.5) is 0 Å². The van der Waals surface area contributed by atoms with Crippen molar-refractivity contribution in [2.45, 2.75) is 53.5 Å². The Labute approximate surface area is 151 Å². The summed E-state index contributed by atoms with van der Waals surface area (Å²) in [7, 11) is 0. The van der Waals surface area contributed by atoms with E-state index in [9.17, 15) is 14.4 Å². The maximum absolute atomic E-state index is 12.2. The molecule has 0 radical (unpaired) electrons. The second-order valence-electron chi connectivity index (χ2n) is 7.99. The number of hydrogen-bond donors (Lipinski definition) is 2. The molecule has 0 aliphatic carbocycles. The highest BCUT2D eigenvalue weighted by molar-refractivity contribution is 5.81. The van der Waals surface area contributed by atoms with Gasteiger partial charge in [0.2, 0.25) is 17.7 Å². The van der Waals surface area contributed by atoms with Crippen molar-refractivity contribution in [1.82, 2.24) is 20.4 Å². The summed E-state index contributed by atoms with van der Waals surface area (Å²) in [6, 6.07) is 0.147. The molecule has 1 rings (SSSR count). The fraction of sp³-hybridized carbons (Fsp3) is 0.833. The molecule has 3 amide bonds. The lowest BCUT2D eigenvalue weighted by atomic mass is 9.96. The Morgan fingerprint density at radius 3 is 2.16 bits per heavy atom. The average molecular weight is 354 g/mol. The zero-order chi connectivity index (χ0) is 19.0. The molecule has 1 fully saturated rings. The number of carbonyl (C=O) groups excluding carboxylic acids is 3. The van der Waals surface area contributed by atoms with Crippen molar-refractivity contribution >= 4 is 17.7 Å². The van der Waals surface area contributed by atoms with Gasteiger partial charge in [-0.3, -0.25) is 19.3 Å². The van der Waals surface area contributed by atoms with E-state index in [0.29, 0.717) is 39.0 Å². The highest BCUT2D eigenvalue weighted by Gasteiger charge is 2.23. The molecule has 0 saturated carbocycles. The van der Waals surface area contributed by atoms with Crippen LogP contribution in [0.2, 0.25) is 0 Å². The van der Waals surface area contributed by atoms with Crippen molar-refractivity contribution < 1.29 is 14.4 Å². The maximum atomic E-state index is 12.2. The molecule has 0 unspecified atom stereocenters. The summed E-state index contributed by atoms with van der Waals surface area (Å²) in [5, 5.41) is 5.75. The minimum atomic E-state index is -0.401. The third kappa shape index (κ3) is 8.34. The fourth-order valence-corrected chi connectivity index (χ4v) is 2.59. The molecular weight excluding hydrogens is 320 g/mol. The number of nitrogens with zero attached hydrogens (tertiary/aromatic N) is 2. The van der Waals surface area contributed by atoms with Crippen molar-refractivity contribution in [3.63, 3.8) is 0 Å². The molecule has 0 aromatic carbocycles. The van der Waals surface area contributed by atoms with E-state index in [4.69, 9.17) is 0 Å². The SMILES string of the molecule is CC(C)NC(=O)CN1CCN(C(=O)CCCNC(=O)C(C)(C)C)CC1. The third-order valence-electron chi connectivity index (χ3n) is 4.08. The largest absolute Gasteiger partial charge is 0.356 e. The summed E-state index contributed by atoms with van der Waals surface area (Å²) >= 11 is 0. The number of amides is 3. The standard InChI is InChI=1S/C18H34N4O3/c1-14(2)20-15(23)13-21-9-11-22(12-10-21)16(24)7-6-8-19-17(25)18(3,4)5/h14H,6-13H2,1-5H3,(H,19,25)(H,20,23). The average Bonchev–Trinajstić information content (AvgIpc) is 2.50. The molecule has 1 aliphatic rings. The van der Waals surface area contributed by atoms with E-state index in [1.165, 1.54) is 0 Å². The van der Waals surface area contributed by atoms with E-state index < -0.39 is 5.41 Å². The van der Waals surface area contributed by atoms with E-state index >= 15 is 0 Å². The van der Waals surface area contributed by atoms with Gasteiger partial charge in [0, 0.05) is 50.6 Å². The molecular formula is C18H34N4O3. The Morgan fingerprint density at radius 2 is 1.64 bits per heavy atom. The van der Waals surface area contributed by atoms with Crippen LogP contribution in [0.5, 0.6) is 0 Å². The molecule has 7 heteroatoms. The first-order valence-corrected chi connectivity index (χ1v) is 9.17. The lowest BCUT2D eigenvalue weighted by molar-refractivity contribution is -0.134. The molecule has 0 spiro atoms. The monoisotopic (exact) mass is 354 g/mol. The first-order valence-electron chi connectivity index (χ1n) is 9.17. The van der Waals surface area contributed by atoms with Gasteiger partial charge >= 0.3 is 0 Å². The Morgan fingerprint density at radius 1 is 1.04 bits per heavy atom. The predicted octanol–water partition coefficient (Wildman–Crippen LogP) is 0.598. The van der Waals surface area contributed by atoms with Crippen molar-refractivity contribution in [2.24, 2.45) is 5.41 Å². The van der Waals surface area contributed by atoms with Crippen LogP contribution in [-0.4, -0.2) is 72.8 Å². The zero-order valence-corrected chi connectivity index (χ0v) is 16.4. The Balaban J connectivity index is 2.21. The van der Waals surface area contributed by atoms with Gasteiger partial charge in [0.25, 0.3) is 0 Å². The van der Waals surface area contributed by atoms with Gasteiger partial charge in [-0.05, 0) is 20.3 Å². The summed E-state index contributed by atoms with van der Waals surface area (Å²) in [6.45, 7) is 13.2. The van der Waals surface area contributed by atoms with Gasteiger partial charge in [-0.2, -0.15) is 0 Å². The molecule has 1 heterocycles. The van der Waals surface area contributed by atoms with Crippen LogP contribution in [0.3, 0.4) is 0 Å². The molecule has 25 heavy (non-hydrogen) atoms. The lowest BCUT2D eigenvalue weighted by Crippen LogP contribution is -2.51. The second kappa shape index (κ2) is 9.75. The summed E-state index contributed by atoms with van der Waals surface area (Å²) in [6.07, 6.45) is 1.09. The predicted molar refractivity (Wildman–Crippen MR) is 98.0 cm³/mol. The summed E-state index contributed by atoms with van der Waals surface area (Å²) < 4.78 is 0. The van der Waals surface area contributed by atoms with Crippen molar-refractivity contribution in [3.8, 4) is 0 Å². The molecule has 144 valence electrons. The first-order chi connectivity index (χ1) is 11.6. The topological polar surface area (TPSA) is 81.8 Å². The molecule has 1 saturated heterocycles. The lowest BCUT2D eigenvalue weighted by Gasteiger charge is -2.34. The quantitative estimate of drug-likeness (QED) is 0.656. The van der Waals surface area contributed by atoms with Crippen molar-refractivity contribution in [3.05, 3.63) is 0 Å². The Kier molecular flexibility index (Phi) is 8.35. The molecule has 0 aromatic rings. The minimum absolute atomic E-state index is 0.00763. The summed E-state index contributed by atoms with van der Waals surface area (Å²) in [5.74, 6) is 0.161. The zero-order valence-electron chi connectivity index (χ0n) is 16.4. The smallest absolute Gasteiger partial charge is 0.234 e. The van der Waals surface area contributed by atoms with Gasteiger partial charge in [-0.1, -0.05) is 20.8 Å². The molecule has 0 bridgehead atoms. The van der Waals surface area contributed by atoms with Crippen LogP contribution in [0, 0.1) is 5.41 Å². The Bertz CT molecular complexity index is 463. The highest BCUT2D eigenvalue weighted by atomic mass is 16.2. The number of nitrogens with one attached hydrogen (secondary N) is 2. The van der Waals surface area contributed by atoms with Crippen molar-refractivity contribution in [2.75, 3.05) is 39.3 Å². The van der Waals surface area contributed by atoms with Gasteiger partial charge in [-0.15, -0.1) is 0 Å². The van der Waals surface area contributed by atoms with Crippen LogP contribution in [0.15, 0.2) is 0 Å². The number of hydrogen-bond acceptors (Lipinski definition) is 4. The maximum Gasteiger partial charge on any atom is 0.234 e. The molecule has 0 aromatic heterocycles. The normalized spacial score (nSPS) is 16.0. The second-order valence-corrected chi connectivity index (χ2v) is 7.99.